The van der Waals surface area contributed by atoms with Gasteiger partial charge in [0.05, 0.1) is 66.6 Å². The van der Waals surface area contributed by atoms with Crippen LogP contribution in [-0.4, -0.2) is 172 Å². The first kappa shape index (κ1) is 108. The van der Waals surface area contributed by atoms with Crippen LogP contribution in [0.2, 0.25) is 0 Å². The molecule has 30 nitrogen and oxygen atoms in total. The van der Waals surface area contributed by atoms with E-state index in [0.29, 0.717) is 27.8 Å². The molecule has 6 fully saturated rings. The number of fused-ring (bicyclic) bond motifs is 10. The molecule has 30 heteroatoms. The molecule has 145 heavy (non-hydrogen) atoms. The third-order valence-electron chi connectivity index (χ3n) is 31.7. The summed E-state index contributed by atoms with van der Waals surface area (Å²) in [6.07, 6.45) is -10.4. The van der Waals surface area contributed by atoms with Crippen molar-refractivity contribution in [3.05, 3.63) is 309 Å². The molecule has 2 heterocycles. The van der Waals surface area contributed by atoms with Gasteiger partial charge in [0.25, 0.3) is 0 Å². The molecule has 2 saturated heterocycles. The molecule has 0 radical (unpaired) electrons. The lowest BCUT2D eigenvalue weighted by molar-refractivity contribution is -0.338. The second kappa shape index (κ2) is 46.0. The first-order chi connectivity index (χ1) is 69.1. The van der Waals surface area contributed by atoms with Gasteiger partial charge in [-0.05, 0) is 108 Å². The number of carboxylic acids is 1. The number of carbonyl (C=O) groups excluding carboxylic acids is 9. The fourth-order valence-corrected chi connectivity index (χ4v) is 24.7. The minimum atomic E-state index is -1.66. The van der Waals surface area contributed by atoms with Crippen LogP contribution in [0.4, 0.5) is 19.2 Å². The molecular formula is C115H134N2O28. The molecule has 2 amide bonds. The van der Waals surface area contributed by atoms with Crippen LogP contribution < -0.4 is 10.6 Å². The lowest BCUT2D eigenvalue weighted by Gasteiger charge is -2.68. The van der Waals surface area contributed by atoms with Crippen molar-refractivity contribution < 1.29 is 135 Å². The van der Waals surface area contributed by atoms with Gasteiger partial charge in [-0.15, -0.1) is 0 Å². The summed E-state index contributed by atoms with van der Waals surface area (Å²) in [5.74, 6) is -8.65. The molecule has 8 aromatic rings. The molecule has 6 N–H and O–H groups in total. The maximum absolute atomic E-state index is 15.8. The number of carbonyl (C=O) groups is 10. The molecule has 16 rings (SSSR count). The van der Waals surface area contributed by atoms with E-state index in [1.807, 2.05) is 243 Å². The summed E-state index contributed by atoms with van der Waals surface area (Å²) in [5, 5.41) is 52.8. The van der Waals surface area contributed by atoms with Gasteiger partial charge in [0, 0.05) is 74.0 Å². The number of hydrogen-bond acceptors (Lipinski definition) is 27. The van der Waals surface area contributed by atoms with Crippen molar-refractivity contribution in [1.82, 2.24) is 10.6 Å². The van der Waals surface area contributed by atoms with Crippen molar-refractivity contribution in [3.8, 4) is 0 Å². The summed E-state index contributed by atoms with van der Waals surface area (Å²) >= 11 is 0. The highest BCUT2D eigenvalue weighted by atomic mass is 16.7. The Morgan fingerprint density at radius 3 is 1.06 bits per heavy atom. The van der Waals surface area contributed by atoms with E-state index in [-0.39, 0.29) is 110 Å². The molecule has 4 saturated carbocycles. The van der Waals surface area contributed by atoms with Gasteiger partial charge in [0.15, 0.2) is 23.1 Å². The highest BCUT2D eigenvalue weighted by molar-refractivity contribution is 5.93. The summed E-state index contributed by atoms with van der Waals surface area (Å²) in [6.45, 7) is 24.7. The molecular weight excluding hydrogens is 1860 g/mol. The van der Waals surface area contributed by atoms with E-state index in [1.54, 1.807) is 82.3 Å². The average molecular weight is 1990 g/mol. The van der Waals surface area contributed by atoms with Crippen LogP contribution in [0.1, 0.15) is 186 Å². The number of aliphatic carboxylic acids is 1. The number of alkyl carbamates (subject to hydrolysis) is 2. The number of aliphatic hydroxyl groups excluding tert-OH is 1. The van der Waals surface area contributed by atoms with Crippen LogP contribution in [0, 0.1) is 63.1 Å². The average Bonchev–Trinajstić information content (AvgIpc) is 0.672. The van der Waals surface area contributed by atoms with Crippen LogP contribution in [0.5, 0.6) is 0 Å². The molecule has 6 aliphatic carbocycles. The minimum absolute atomic E-state index is 0.00249. The van der Waals surface area contributed by atoms with E-state index < -0.39 is 188 Å². The minimum Gasteiger partial charge on any atom is -0.479 e. The van der Waals surface area contributed by atoms with Crippen molar-refractivity contribution in [2.24, 2.45) is 63.1 Å². The number of benzene rings is 8. The largest absolute Gasteiger partial charge is 0.508 e. The smallest absolute Gasteiger partial charge is 0.479 e. The van der Waals surface area contributed by atoms with Crippen LogP contribution in [0.3, 0.4) is 0 Å². The number of esters is 2. The van der Waals surface area contributed by atoms with E-state index in [0.717, 1.165) is 39.0 Å². The first-order valence-corrected chi connectivity index (χ1v) is 49.4. The Bertz CT molecular complexity index is 5920. The van der Waals surface area contributed by atoms with Crippen molar-refractivity contribution >= 4 is 59.8 Å². The topological polar surface area (TPSA) is 405 Å². The third kappa shape index (κ3) is 22.7. The van der Waals surface area contributed by atoms with Gasteiger partial charge >= 0.3 is 42.4 Å². The Labute approximate surface area is 845 Å². The maximum atomic E-state index is 15.8. The second-order valence-electron chi connectivity index (χ2n) is 40.9. The molecule has 8 aromatic carbocycles. The summed E-state index contributed by atoms with van der Waals surface area (Å²) < 4.78 is 81.9. The fraction of sp³-hybridized carbons (Fsp3) is 0.461. The van der Waals surface area contributed by atoms with Gasteiger partial charge in [-0.2, -0.15) is 0 Å². The standard InChI is InChI=1S/C58H67NO13.C32H42O9.C25H25NO6/c1-36-44(28-45(61)50(70-35-66-31-40-20-12-8-13-21-40)49(43-26-18-11-19-27-43)59-53(63)67-32-41-22-14-9-15-23-41)30-58(65)38(3)51-56(7,52(62)37(2)48(36)55(58,5)6)46(29-47-57(51,34-69-47)72-39(4)60)71-54(64)68-33-42-24-16-10-17-25-42;1-17-22(34)14-32(37)19(3)26-30(7,27(35)18(2)25(17)29(32,5)6)23(13-24-31(26,16-39-24)41-20(4)33)40-28(36)38-15-21-11-9-8-10-12-21;27-24(28)23(32-18-30-16-19-10-4-1-5-11-19)22(21-14-8-3-9-15-21)26-25(29)31-17-20-12-6-2-7-13-20/h8-27,37-38,44,46-47,49-51,65H,28-35H2,1-7H3,(H,59,63);8-12,18-19,22-24,26,34,37H,13-16H2,1-7H3;1-15,22-23H,16-18H2,(H,26,29)(H,27,28). The zero-order valence-corrected chi connectivity index (χ0v) is 84.5. The zero-order chi connectivity index (χ0) is 104. The molecule has 0 spiro atoms. The van der Waals surface area contributed by atoms with E-state index in [9.17, 15) is 58.8 Å². The van der Waals surface area contributed by atoms with Crippen molar-refractivity contribution in [2.75, 3.05) is 26.8 Å². The lowest BCUT2D eigenvalue weighted by Crippen LogP contribution is -2.79. The predicted octanol–water partition coefficient (Wildman–Crippen LogP) is 18.0. The van der Waals surface area contributed by atoms with Crippen LogP contribution in [0.15, 0.2) is 265 Å². The third-order valence-corrected chi connectivity index (χ3v) is 31.7. The van der Waals surface area contributed by atoms with E-state index in [2.05, 4.69) is 10.6 Å². The monoisotopic (exact) mass is 1990 g/mol. The molecule has 772 valence electrons. The highest BCUT2D eigenvalue weighted by Gasteiger charge is 2.79. The first-order valence-electron chi connectivity index (χ1n) is 49.4. The molecule has 22 unspecified atom stereocenters. The summed E-state index contributed by atoms with van der Waals surface area (Å²) in [5.41, 5.74) is -1.68. The van der Waals surface area contributed by atoms with E-state index >= 15 is 9.59 Å². The number of ether oxygens (including phenoxy) is 14. The van der Waals surface area contributed by atoms with Gasteiger partial charge in [-0.25, -0.2) is 24.0 Å². The number of allylic oxidation sites excluding steroid dienone is 1. The summed E-state index contributed by atoms with van der Waals surface area (Å²) in [4.78, 5) is 136. The highest BCUT2D eigenvalue weighted by Crippen LogP contribution is 2.69. The number of hydrogen-bond donors (Lipinski definition) is 6. The zero-order valence-electron chi connectivity index (χ0n) is 84.5. The normalized spacial score (nSPS) is 28.8. The van der Waals surface area contributed by atoms with Crippen molar-refractivity contribution in [1.29, 1.82) is 0 Å². The fourth-order valence-electron chi connectivity index (χ4n) is 24.7. The second-order valence-corrected chi connectivity index (χ2v) is 40.9. The number of Topliss-reactive ketones (excluding diaryl/α,β-unsaturated/α-hetero) is 3. The molecule has 4 bridgehead atoms. The number of carboxylic acid groups (broad SMARTS) is 1. The number of aliphatic hydroxyl groups is 3. The van der Waals surface area contributed by atoms with E-state index in [4.69, 9.17) is 66.3 Å². The lowest BCUT2D eigenvalue weighted by atomic mass is 9.41. The van der Waals surface area contributed by atoms with Crippen molar-refractivity contribution in [2.45, 2.75) is 246 Å². The van der Waals surface area contributed by atoms with Gasteiger partial charge in [0.2, 0.25) is 0 Å². The van der Waals surface area contributed by atoms with Gasteiger partial charge < -0.3 is 97.4 Å². The maximum Gasteiger partial charge on any atom is 0.508 e. The number of nitrogens with one attached hydrogen (secondary N) is 2. The van der Waals surface area contributed by atoms with Crippen molar-refractivity contribution in [3.63, 3.8) is 0 Å². The Hall–Kier alpha value is -12.6. The predicted molar refractivity (Wildman–Crippen MR) is 529 cm³/mol. The summed E-state index contributed by atoms with van der Waals surface area (Å²) in [7, 11) is 0. The Morgan fingerprint density at radius 2 is 0.731 bits per heavy atom. The van der Waals surface area contributed by atoms with Gasteiger partial charge in [-0.3, -0.25) is 24.0 Å². The van der Waals surface area contributed by atoms with E-state index in [1.165, 1.54) is 13.8 Å². The van der Waals surface area contributed by atoms with Crippen LogP contribution in [0.25, 0.3) is 0 Å². The number of rotatable bonds is 32. The molecule has 22 atom stereocenters. The van der Waals surface area contributed by atoms with Gasteiger partial charge in [-0.1, -0.05) is 309 Å². The summed E-state index contributed by atoms with van der Waals surface area (Å²) in [6, 6.07) is 71.5. The van der Waals surface area contributed by atoms with Crippen LogP contribution in [-0.2, 0) is 135 Å². The number of amides is 2. The van der Waals surface area contributed by atoms with Gasteiger partial charge in [0.1, 0.15) is 82.1 Å². The molecule has 2 aliphatic heterocycles. The Balaban J connectivity index is 0.000000191. The Morgan fingerprint density at radius 1 is 0.421 bits per heavy atom. The SMILES string of the molecule is CC(=O)OC12COC1CC(OC(=O)OCc1ccccc1)C1(C)C(=O)C(C)C3=C(C)C(CC(=O)C(OCOCc4ccccc4)C(NC(=O)OCc4ccccc4)c4ccccc4)CC(O)(C(C)C21)C3(C)C.CC(=O)OC12COC1CC(OC(=O)OCc1ccccc1)C1(C)C(=O)C(C)C3=C(C)C(O)CC(O)(C(C)C21)C3(C)C.O=C(NC(c1ccccc1)C(OCOCc1ccccc1)C(=O)O)OCc1ccccc1. The Kier molecular flexibility index (Phi) is 34.3. The quantitative estimate of drug-likeness (QED) is 0.00749. The molecule has 8 aliphatic rings. The van der Waals surface area contributed by atoms with Crippen LogP contribution >= 0.6 is 0 Å². The molecule has 0 aromatic heterocycles. The number of ketones is 3.